The lowest BCUT2D eigenvalue weighted by atomic mass is 9.91. The monoisotopic (exact) mass is 537 g/mol. The van der Waals surface area contributed by atoms with Crippen molar-refractivity contribution in [2.45, 2.75) is 37.8 Å². The van der Waals surface area contributed by atoms with Gasteiger partial charge in [-0.1, -0.05) is 35.3 Å². The van der Waals surface area contributed by atoms with E-state index in [0.29, 0.717) is 47.0 Å². The van der Waals surface area contributed by atoms with Crippen LogP contribution in [0.4, 0.5) is 0 Å². The van der Waals surface area contributed by atoms with Gasteiger partial charge in [0.2, 0.25) is 5.91 Å². The molecule has 0 spiro atoms. The van der Waals surface area contributed by atoms with Gasteiger partial charge in [-0.2, -0.15) is 5.10 Å². The first-order valence-electron chi connectivity index (χ1n) is 12.3. The van der Waals surface area contributed by atoms with Gasteiger partial charge >= 0.3 is 0 Å². The molecule has 8 nitrogen and oxygen atoms in total. The maximum absolute atomic E-state index is 13.3. The van der Waals surface area contributed by atoms with Crippen LogP contribution in [0.2, 0.25) is 10.0 Å². The Bertz CT molecular complexity index is 1570. The lowest BCUT2D eigenvalue weighted by molar-refractivity contribution is -0.137. The van der Waals surface area contributed by atoms with Gasteiger partial charge in [0.05, 0.1) is 24.0 Å². The van der Waals surface area contributed by atoms with Crippen molar-refractivity contribution in [3.63, 3.8) is 0 Å². The summed E-state index contributed by atoms with van der Waals surface area (Å²) in [5.74, 6) is 0.358. The van der Waals surface area contributed by atoms with Crippen molar-refractivity contribution in [2.75, 3.05) is 13.1 Å². The van der Waals surface area contributed by atoms with Gasteiger partial charge in [-0.25, -0.2) is 9.67 Å². The normalized spacial score (nSPS) is 17.3. The largest absolute Gasteiger partial charge is 0.388 e. The van der Waals surface area contributed by atoms with Gasteiger partial charge in [0.25, 0.3) is 5.56 Å². The molecular weight excluding hydrogens is 513 g/mol. The number of carbonyl (C=O) groups is 1. The molecule has 1 aliphatic carbocycles. The lowest BCUT2D eigenvalue weighted by Gasteiger charge is -2.38. The second-order valence-electron chi connectivity index (χ2n) is 9.97. The van der Waals surface area contributed by atoms with Crippen LogP contribution >= 0.6 is 23.2 Å². The molecule has 0 bridgehead atoms. The van der Waals surface area contributed by atoms with Gasteiger partial charge in [0.1, 0.15) is 11.7 Å². The Kier molecular flexibility index (Phi) is 6.06. The SMILES string of the molecule is O=C(C1CC1)N1CCC(O)(Cn2cnc3c(cnn3-c3cccc(-c4cc(Cl)ccc4Cl)c3)c2=O)CC1. The second kappa shape index (κ2) is 9.28. The molecule has 2 fully saturated rings. The molecule has 6 rings (SSSR count). The van der Waals surface area contributed by atoms with Crippen LogP contribution in [0.3, 0.4) is 0 Å². The molecular formula is C27H25Cl2N5O3. The van der Waals surface area contributed by atoms with Crippen LogP contribution in [-0.4, -0.2) is 53.9 Å². The summed E-state index contributed by atoms with van der Waals surface area (Å²) in [7, 11) is 0. The summed E-state index contributed by atoms with van der Waals surface area (Å²) in [6.07, 6.45) is 5.74. The fraction of sp³-hybridized carbons (Fsp3) is 0.333. The number of halogens is 2. The van der Waals surface area contributed by atoms with Gasteiger partial charge in [-0.3, -0.25) is 14.2 Å². The number of aliphatic hydroxyl groups is 1. The number of hydrogen-bond donors (Lipinski definition) is 1. The number of piperidine rings is 1. The summed E-state index contributed by atoms with van der Waals surface area (Å²) < 4.78 is 3.05. The van der Waals surface area contributed by atoms with Crippen LogP contribution in [0, 0.1) is 5.92 Å². The minimum atomic E-state index is -1.07. The topological polar surface area (TPSA) is 93.2 Å². The summed E-state index contributed by atoms with van der Waals surface area (Å²) in [6, 6.07) is 12.9. The Balaban J connectivity index is 1.26. The first-order chi connectivity index (χ1) is 17.8. The van der Waals surface area contributed by atoms with E-state index >= 15 is 0 Å². The quantitative estimate of drug-likeness (QED) is 0.409. The Morgan fingerprint density at radius 3 is 2.65 bits per heavy atom. The van der Waals surface area contributed by atoms with Crippen LogP contribution in [0.25, 0.3) is 27.8 Å². The third kappa shape index (κ3) is 4.65. The zero-order valence-corrected chi connectivity index (χ0v) is 21.5. The summed E-state index contributed by atoms with van der Waals surface area (Å²) in [6.45, 7) is 1.12. The molecule has 190 valence electrons. The maximum Gasteiger partial charge on any atom is 0.264 e. The molecule has 1 aliphatic heterocycles. The van der Waals surface area contributed by atoms with Crippen molar-refractivity contribution < 1.29 is 9.90 Å². The number of carbonyl (C=O) groups excluding carboxylic acids is 1. The molecule has 37 heavy (non-hydrogen) atoms. The summed E-state index contributed by atoms with van der Waals surface area (Å²) in [4.78, 5) is 32.0. The number of aromatic nitrogens is 4. The lowest BCUT2D eigenvalue weighted by Crippen LogP contribution is -2.50. The van der Waals surface area contributed by atoms with E-state index in [0.717, 1.165) is 29.7 Å². The molecule has 10 heteroatoms. The van der Waals surface area contributed by atoms with Crippen molar-refractivity contribution in [1.82, 2.24) is 24.2 Å². The third-order valence-electron chi connectivity index (χ3n) is 7.28. The van der Waals surface area contributed by atoms with E-state index in [1.807, 2.05) is 29.2 Å². The number of likely N-dealkylation sites (tertiary alicyclic amines) is 1. The second-order valence-corrected chi connectivity index (χ2v) is 10.8. The van der Waals surface area contributed by atoms with Crippen molar-refractivity contribution in [3.05, 3.63) is 75.4 Å². The molecule has 0 unspecified atom stereocenters. The van der Waals surface area contributed by atoms with Crippen LogP contribution in [0.15, 0.2) is 59.8 Å². The molecule has 3 heterocycles. The third-order valence-corrected chi connectivity index (χ3v) is 7.85. The molecule has 4 aromatic rings. The van der Waals surface area contributed by atoms with Crippen molar-refractivity contribution in [2.24, 2.45) is 5.92 Å². The summed E-state index contributed by atoms with van der Waals surface area (Å²) in [5.41, 5.74) is 1.46. The van der Waals surface area contributed by atoms with Crippen molar-refractivity contribution >= 4 is 40.1 Å². The van der Waals surface area contributed by atoms with E-state index < -0.39 is 5.60 Å². The number of fused-ring (bicyclic) bond motifs is 1. The minimum absolute atomic E-state index is 0.119. The summed E-state index contributed by atoms with van der Waals surface area (Å²) >= 11 is 12.6. The van der Waals surface area contributed by atoms with Gasteiger partial charge in [-0.15, -0.1) is 0 Å². The van der Waals surface area contributed by atoms with Crippen LogP contribution in [-0.2, 0) is 11.3 Å². The highest BCUT2D eigenvalue weighted by Gasteiger charge is 2.39. The number of hydrogen-bond acceptors (Lipinski definition) is 5. The Labute approximate surface area is 223 Å². The van der Waals surface area contributed by atoms with E-state index in [1.165, 1.54) is 17.1 Å². The first-order valence-corrected chi connectivity index (χ1v) is 13.1. The predicted octanol–water partition coefficient (Wildman–Crippen LogP) is 4.32. The molecule has 2 aliphatic rings. The number of benzene rings is 2. The number of amides is 1. The molecule has 2 aromatic carbocycles. The smallest absolute Gasteiger partial charge is 0.264 e. The number of rotatable bonds is 5. The fourth-order valence-electron chi connectivity index (χ4n) is 4.98. The van der Waals surface area contributed by atoms with E-state index in [4.69, 9.17) is 23.2 Å². The standard InChI is InChI=1S/C27H25Cl2N5O3/c28-19-6-7-23(29)21(13-19)18-2-1-3-20(12-18)34-24-22(14-31-34)26(36)33(16-30-24)15-27(37)8-10-32(11-9-27)25(35)17-4-5-17/h1-3,6-7,12-14,16-17,37H,4-5,8-11,15H2. The van der Waals surface area contributed by atoms with Crippen molar-refractivity contribution in [3.8, 4) is 16.8 Å². The molecule has 2 aromatic heterocycles. The molecule has 0 atom stereocenters. The van der Waals surface area contributed by atoms with Gasteiger partial charge in [0, 0.05) is 34.6 Å². The van der Waals surface area contributed by atoms with Crippen LogP contribution in [0.1, 0.15) is 25.7 Å². The highest BCUT2D eigenvalue weighted by atomic mass is 35.5. The first kappa shape index (κ1) is 24.2. The Morgan fingerprint density at radius 2 is 1.89 bits per heavy atom. The minimum Gasteiger partial charge on any atom is -0.388 e. The van der Waals surface area contributed by atoms with Gasteiger partial charge in [0.15, 0.2) is 5.65 Å². The average Bonchev–Trinajstić information content (AvgIpc) is 3.66. The molecule has 1 N–H and O–H groups in total. The molecule has 1 saturated carbocycles. The molecule has 1 amide bonds. The van der Waals surface area contributed by atoms with Crippen molar-refractivity contribution in [1.29, 1.82) is 0 Å². The van der Waals surface area contributed by atoms with Gasteiger partial charge in [-0.05, 0) is 61.6 Å². The molecule has 1 saturated heterocycles. The fourth-order valence-corrected chi connectivity index (χ4v) is 5.38. The highest BCUT2D eigenvalue weighted by Crippen LogP contribution is 2.34. The zero-order chi connectivity index (χ0) is 25.7. The highest BCUT2D eigenvalue weighted by molar-refractivity contribution is 6.35. The van der Waals surface area contributed by atoms with Crippen LogP contribution in [0.5, 0.6) is 0 Å². The van der Waals surface area contributed by atoms with Gasteiger partial charge < -0.3 is 10.0 Å². The average molecular weight is 538 g/mol. The molecule has 0 radical (unpaired) electrons. The van der Waals surface area contributed by atoms with E-state index in [9.17, 15) is 14.7 Å². The Morgan fingerprint density at radius 1 is 1.11 bits per heavy atom. The maximum atomic E-state index is 13.3. The van der Waals surface area contributed by atoms with E-state index in [1.54, 1.807) is 22.9 Å². The van der Waals surface area contributed by atoms with Crippen LogP contribution < -0.4 is 5.56 Å². The van der Waals surface area contributed by atoms with E-state index in [2.05, 4.69) is 10.1 Å². The Hall–Kier alpha value is -3.20. The number of nitrogens with zero attached hydrogens (tertiary/aromatic N) is 5. The predicted molar refractivity (Wildman–Crippen MR) is 142 cm³/mol. The summed E-state index contributed by atoms with van der Waals surface area (Å²) in [5, 5.41) is 17.1. The zero-order valence-electron chi connectivity index (χ0n) is 20.0. The van der Waals surface area contributed by atoms with E-state index in [-0.39, 0.29) is 23.9 Å².